The topological polar surface area (TPSA) is 49.4 Å². The Morgan fingerprint density at radius 3 is 2.41 bits per heavy atom. The molecule has 0 radical (unpaired) electrons. The van der Waals surface area contributed by atoms with Gasteiger partial charge < -0.3 is 5.32 Å². The Hall–Kier alpha value is -1.32. The molecule has 0 aromatic carbocycles. The molecular formula is C13H22N2O2. The van der Waals surface area contributed by atoms with Crippen LogP contribution in [0.5, 0.6) is 0 Å². The van der Waals surface area contributed by atoms with Crippen LogP contribution < -0.4 is 5.32 Å². The maximum atomic E-state index is 12.3. The Labute approximate surface area is 103 Å². The van der Waals surface area contributed by atoms with Crippen molar-refractivity contribution >= 4 is 11.9 Å². The lowest BCUT2D eigenvalue weighted by Gasteiger charge is -2.35. The zero-order valence-electron chi connectivity index (χ0n) is 11.2. The third kappa shape index (κ3) is 2.35. The molecule has 0 aromatic heterocycles. The van der Waals surface area contributed by atoms with Gasteiger partial charge in [-0.15, -0.1) is 6.58 Å². The van der Waals surface area contributed by atoms with Crippen molar-refractivity contribution in [3.8, 4) is 0 Å². The number of rotatable bonds is 4. The van der Waals surface area contributed by atoms with Crippen LogP contribution in [0.2, 0.25) is 0 Å². The van der Waals surface area contributed by atoms with Crippen molar-refractivity contribution in [1.82, 2.24) is 10.2 Å². The predicted molar refractivity (Wildman–Crippen MR) is 67.5 cm³/mol. The SMILES string of the molecule is C=CCCCN1C(=O)N[C@@](C)(C(C)(C)C)C1=O. The molecule has 17 heavy (non-hydrogen) atoms. The molecule has 0 aliphatic carbocycles. The van der Waals surface area contributed by atoms with Gasteiger partial charge >= 0.3 is 6.03 Å². The maximum Gasteiger partial charge on any atom is 0.325 e. The minimum absolute atomic E-state index is 0.126. The number of urea groups is 1. The molecule has 4 nitrogen and oxygen atoms in total. The number of nitrogens with one attached hydrogen (secondary N) is 1. The second-order valence-electron chi connectivity index (χ2n) is 5.69. The van der Waals surface area contributed by atoms with Crippen molar-refractivity contribution < 1.29 is 9.59 Å². The lowest BCUT2D eigenvalue weighted by atomic mass is 9.75. The first-order valence-corrected chi connectivity index (χ1v) is 5.99. The van der Waals surface area contributed by atoms with Crippen molar-refractivity contribution in [2.75, 3.05) is 6.54 Å². The number of unbranched alkanes of at least 4 members (excludes halogenated alkanes) is 1. The molecule has 1 fully saturated rings. The summed E-state index contributed by atoms with van der Waals surface area (Å²) in [6, 6.07) is -0.281. The zero-order valence-corrected chi connectivity index (χ0v) is 11.2. The summed E-state index contributed by atoms with van der Waals surface area (Å²) in [4.78, 5) is 25.4. The summed E-state index contributed by atoms with van der Waals surface area (Å²) in [7, 11) is 0. The molecule has 3 amide bonds. The molecule has 1 saturated heterocycles. The largest absolute Gasteiger partial charge is 0.325 e. The van der Waals surface area contributed by atoms with Crippen LogP contribution in [0.3, 0.4) is 0 Å². The first kappa shape index (κ1) is 13.7. The number of amides is 3. The normalized spacial score (nSPS) is 25.1. The van der Waals surface area contributed by atoms with Crippen LogP contribution in [-0.2, 0) is 4.79 Å². The van der Waals surface area contributed by atoms with E-state index in [1.165, 1.54) is 4.90 Å². The number of nitrogens with zero attached hydrogens (tertiary/aromatic N) is 1. The van der Waals surface area contributed by atoms with Gasteiger partial charge in [0, 0.05) is 6.54 Å². The van der Waals surface area contributed by atoms with E-state index in [9.17, 15) is 9.59 Å². The van der Waals surface area contributed by atoms with Crippen LogP contribution in [0.1, 0.15) is 40.5 Å². The van der Waals surface area contributed by atoms with E-state index in [0.29, 0.717) is 6.54 Å². The lowest BCUT2D eigenvalue weighted by Crippen LogP contribution is -2.54. The van der Waals surface area contributed by atoms with Gasteiger partial charge in [0.05, 0.1) is 0 Å². The molecule has 1 N–H and O–H groups in total. The highest BCUT2D eigenvalue weighted by Gasteiger charge is 2.54. The molecular weight excluding hydrogens is 216 g/mol. The van der Waals surface area contributed by atoms with Gasteiger partial charge in [-0.25, -0.2) is 4.79 Å². The standard InChI is InChI=1S/C13H22N2O2/c1-6-7-8-9-15-10(16)13(5,12(2,3)4)14-11(15)17/h6H,1,7-9H2,2-5H3,(H,14,17)/t13-/m1/s1. The fourth-order valence-corrected chi connectivity index (χ4v) is 1.80. The van der Waals surface area contributed by atoms with E-state index in [1.807, 2.05) is 20.8 Å². The number of carbonyl (C=O) groups excluding carboxylic acids is 2. The average Bonchev–Trinajstić information content (AvgIpc) is 2.42. The fourth-order valence-electron chi connectivity index (χ4n) is 1.80. The second kappa shape index (κ2) is 4.51. The fraction of sp³-hybridized carbons (Fsp3) is 0.692. The quantitative estimate of drug-likeness (QED) is 0.464. The van der Waals surface area contributed by atoms with Crippen molar-refractivity contribution in [3.63, 3.8) is 0 Å². The van der Waals surface area contributed by atoms with Crippen LogP contribution in [0.15, 0.2) is 12.7 Å². The number of allylic oxidation sites excluding steroid dienone is 1. The summed E-state index contributed by atoms with van der Waals surface area (Å²) < 4.78 is 0. The van der Waals surface area contributed by atoms with Gasteiger partial charge in [0.15, 0.2) is 0 Å². The molecule has 0 unspecified atom stereocenters. The van der Waals surface area contributed by atoms with Crippen LogP contribution in [-0.4, -0.2) is 28.9 Å². The highest BCUT2D eigenvalue weighted by atomic mass is 16.2. The lowest BCUT2D eigenvalue weighted by molar-refractivity contribution is -0.134. The second-order valence-corrected chi connectivity index (χ2v) is 5.69. The van der Waals surface area contributed by atoms with E-state index in [-0.39, 0.29) is 17.4 Å². The summed E-state index contributed by atoms with van der Waals surface area (Å²) in [6.07, 6.45) is 3.37. The summed E-state index contributed by atoms with van der Waals surface area (Å²) in [5.41, 5.74) is -1.11. The Bertz CT molecular complexity index is 344. The number of hydrogen-bond donors (Lipinski definition) is 1. The van der Waals surface area contributed by atoms with Crippen LogP contribution in [0.4, 0.5) is 4.79 Å². The third-order valence-electron chi connectivity index (χ3n) is 3.56. The molecule has 0 saturated carbocycles. The molecule has 1 aliphatic rings. The minimum Gasteiger partial charge on any atom is -0.323 e. The minimum atomic E-state index is -0.807. The van der Waals surface area contributed by atoms with E-state index in [4.69, 9.17) is 0 Å². The Kier molecular flexibility index (Phi) is 3.65. The molecule has 1 rings (SSSR count). The molecule has 0 bridgehead atoms. The molecule has 0 spiro atoms. The van der Waals surface area contributed by atoms with Crippen molar-refractivity contribution in [2.24, 2.45) is 5.41 Å². The first-order valence-electron chi connectivity index (χ1n) is 5.99. The van der Waals surface area contributed by atoms with Crippen LogP contribution in [0.25, 0.3) is 0 Å². The van der Waals surface area contributed by atoms with E-state index >= 15 is 0 Å². The van der Waals surface area contributed by atoms with Gasteiger partial charge in [0.1, 0.15) is 5.54 Å². The molecule has 1 heterocycles. The average molecular weight is 238 g/mol. The van der Waals surface area contributed by atoms with Gasteiger partial charge in [0.2, 0.25) is 0 Å². The smallest absolute Gasteiger partial charge is 0.323 e. The van der Waals surface area contributed by atoms with E-state index in [1.54, 1.807) is 13.0 Å². The molecule has 96 valence electrons. The number of imide groups is 1. The van der Waals surface area contributed by atoms with Gasteiger partial charge in [-0.2, -0.15) is 0 Å². The highest BCUT2D eigenvalue weighted by molar-refractivity contribution is 6.07. The third-order valence-corrected chi connectivity index (χ3v) is 3.56. The van der Waals surface area contributed by atoms with E-state index in [2.05, 4.69) is 11.9 Å². The number of hydrogen-bond acceptors (Lipinski definition) is 2. The monoisotopic (exact) mass is 238 g/mol. The maximum absolute atomic E-state index is 12.3. The highest BCUT2D eigenvalue weighted by Crippen LogP contribution is 2.35. The predicted octanol–water partition coefficient (Wildman–Crippen LogP) is 2.31. The van der Waals surface area contributed by atoms with Crippen LogP contribution in [0, 0.1) is 5.41 Å². The van der Waals surface area contributed by atoms with Gasteiger partial charge in [0.25, 0.3) is 5.91 Å². The Morgan fingerprint density at radius 2 is 2.00 bits per heavy atom. The molecule has 1 aliphatic heterocycles. The van der Waals surface area contributed by atoms with Gasteiger partial charge in [-0.1, -0.05) is 26.8 Å². The van der Waals surface area contributed by atoms with Crippen molar-refractivity contribution in [2.45, 2.75) is 46.1 Å². The summed E-state index contributed by atoms with van der Waals surface area (Å²) >= 11 is 0. The van der Waals surface area contributed by atoms with Crippen molar-refractivity contribution in [1.29, 1.82) is 0 Å². The van der Waals surface area contributed by atoms with E-state index < -0.39 is 5.54 Å². The number of carbonyl (C=O) groups is 2. The molecule has 0 aromatic rings. The summed E-state index contributed by atoms with van der Waals surface area (Å²) in [6.45, 7) is 11.8. The summed E-state index contributed by atoms with van der Waals surface area (Å²) in [5, 5.41) is 2.81. The zero-order chi connectivity index (χ0) is 13.3. The first-order chi connectivity index (χ1) is 7.74. The van der Waals surface area contributed by atoms with Crippen molar-refractivity contribution in [3.05, 3.63) is 12.7 Å². The molecule has 1 atom stereocenters. The van der Waals surface area contributed by atoms with Gasteiger partial charge in [-0.05, 0) is 25.2 Å². The van der Waals surface area contributed by atoms with Crippen LogP contribution >= 0.6 is 0 Å². The summed E-state index contributed by atoms with van der Waals surface area (Å²) in [5.74, 6) is -0.126. The molecule has 4 heteroatoms. The Balaban J connectivity index is 2.82. The van der Waals surface area contributed by atoms with E-state index in [0.717, 1.165) is 12.8 Å². The van der Waals surface area contributed by atoms with Gasteiger partial charge in [-0.3, -0.25) is 9.69 Å². The Morgan fingerprint density at radius 1 is 1.41 bits per heavy atom.